The Balaban J connectivity index is 2.72. The molecule has 0 aliphatic heterocycles. The number of guanidine groups is 1. The van der Waals surface area contributed by atoms with Crippen LogP contribution in [0.15, 0.2) is 29.3 Å². The highest BCUT2D eigenvalue weighted by Crippen LogP contribution is 2.26. The number of nitrogens with zero attached hydrogens (tertiary/aromatic N) is 1. The number of benzene rings is 1. The number of aliphatic imine (C=N–C) groups is 1. The molecule has 0 aliphatic carbocycles. The number of ether oxygens (including phenoxy) is 1. The minimum atomic E-state index is 0.323. The maximum atomic E-state index is 5.39. The van der Waals surface area contributed by atoms with Gasteiger partial charge in [0.15, 0.2) is 5.96 Å². The lowest BCUT2D eigenvalue weighted by Gasteiger charge is -2.15. The highest BCUT2D eigenvalue weighted by Gasteiger charge is 2.10. The van der Waals surface area contributed by atoms with Gasteiger partial charge in [0.1, 0.15) is 5.75 Å². The SMILES string of the molecule is CCNC(=NCC(C)c1ccccc1OC)NCC. The largest absolute Gasteiger partial charge is 0.496 e. The summed E-state index contributed by atoms with van der Waals surface area (Å²) < 4.78 is 5.39. The topological polar surface area (TPSA) is 45.7 Å². The molecular formula is C15H25N3O. The van der Waals surface area contributed by atoms with Crippen LogP contribution in [0.3, 0.4) is 0 Å². The molecule has 4 heteroatoms. The first kappa shape index (κ1) is 15.3. The van der Waals surface area contributed by atoms with Crippen molar-refractivity contribution in [3.63, 3.8) is 0 Å². The second-order valence-electron chi connectivity index (χ2n) is 4.39. The van der Waals surface area contributed by atoms with Crippen molar-refractivity contribution >= 4 is 5.96 Å². The van der Waals surface area contributed by atoms with Gasteiger partial charge in [-0.1, -0.05) is 25.1 Å². The Morgan fingerprint density at radius 2 is 1.84 bits per heavy atom. The van der Waals surface area contributed by atoms with E-state index >= 15 is 0 Å². The summed E-state index contributed by atoms with van der Waals surface area (Å²) in [6.45, 7) is 8.77. The van der Waals surface area contributed by atoms with Crippen LogP contribution in [0, 0.1) is 0 Å². The van der Waals surface area contributed by atoms with E-state index in [0.717, 1.165) is 31.3 Å². The fourth-order valence-electron chi connectivity index (χ4n) is 1.91. The highest BCUT2D eigenvalue weighted by atomic mass is 16.5. The molecule has 0 heterocycles. The fraction of sp³-hybridized carbons (Fsp3) is 0.533. The van der Waals surface area contributed by atoms with Crippen molar-refractivity contribution in [2.45, 2.75) is 26.7 Å². The van der Waals surface area contributed by atoms with Crippen LogP contribution in [0.4, 0.5) is 0 Å². The van der Waals surface area contributed by atoms with E-state index in [2.05, 4.69) is 42.5 Å². The molecule has 1 rings (SSSR count). The summed E-state index contributed by atoms with van der Waals surface area (Å²) in [6.07, 6.45) is 0. The number of methoxy groups -OCH3 is 1. The van der Waals surface area contributed by atoms with Gasteiger partial charge in [-0.3, -0.25) is 4.99 Å². The van der Waals surface area contributed by atoms with Gasteiger partial charge in [-0.25, -0.2) is 0 Å². The first-order chi connectivity index (χ1) is 9.22. The summed E-state index contributed by atoms with van der Waals surface area (Å²) in [5.41, 5.74) is 1.20. The maximum absolute atomic E-state index is 5.39. The molecule has 4 nitrogen and oxygen atoms in total. The second-order valence-corrected chi connectivity index (χ2v) is 4.39. The van der Waals surface area contributed by atoms with Crippen LogP contribution in [0.1, 0.15) is 32.3 Å². The van der Waals surface area contributed by atoms with Gasteiger partial charge in [-0.15, -0.1) is 0 Å². The molecule has 0 aliphatic rings. The molecule has 0 amide bonds. The number of rotatable bonds is 6. The van der Waals surface area contributed by atoms with Crippen molar-refractivity contribution in [3.05, 3.63) is 29.8 Å². The summed E-state index contributed by atoms with van der Waals surface area (Å²) >= 11 is 0. The van der Waals surface area contributed by atoms with Gasteiger partial charge in [0, 0.05) is 25.6 Å². The number of nitrogens with one attached hydrogen (secondary N) is 2. The Kier molecular flexibility index (Phi) is 6.79. The molecule has 0 radical (unpaired) electrons. The molecule has 19 heavy (non-hydrogen) atoms. The summed E-state index contributed by atoms with van der Waals surface area (Å²) in [5, 5.41) is 6.45. The minimum absolute atomic E-state index is 0.323. The smallest absolute Gasteiger partial charge is 0.191 e. The van der Waals surface area contributed by atoms with E-state index < -0.39 is 0 Å². The average Bonchev–Trinajstić information content (AvgIpc) is 2.44. The van der Waals surface area contributed by atoms with Crippen molar-refractivity contribution in [3.8, 4) is 5.75 Å². The zero-order valence-corrected chi connectivity index (χ0v) is 12.4. The molecule has 1 atom stereocenters. The van der Waals surface area contributed by atoms with Crippen LogP contribution in [0.25, 0.3) is 0 Å². The van der Waals surface area contributed by atoms with Crippen molar-refractivity contribution < 1.29 is 4.74 Å². The van der Waals surface area contributed by atoms with E-state index in [-0.39, 0.29) is 0 Å². The van der Waals surface area contributed by atoms with Gasteiger partial charge in [0.05, 0.1) is 7.11 Å². The number of para-hydroxylation sites is 1. The van der Waals surface area contributed by atoms with E-state index in [1.54, 1.807) is 7.11 Å². The Bertz CT molecular complexity index is 396. The molecule has 1 aromatic carbocycles. The van der Waals surface area contributed by atoms with E-state index in [4.69, 9.17) is 4.74 Å². The molecule has 1 unspecified atom stereocenters. The predicted octanol–water partition coefficient (Wildman–Crippen LogP) is 2.37. The third kappa shape index (κ3) is 4.81. The first-order valence-corrected chi connectivity index (χ1v) is 6.88. The Morgan fingerprint density at radius 1 is 1.21 bits per heavy atom. The fourth-order valence-corrected chi connectivity index (χ4v) is 1.91. The summed E-state index contributed by atoms with van der Waals surface area (Å²) in [7, 11) is 1.71. The van der Waals surface area contributed by atoms with Crippen LogP contribution < -0.4 is 15.4 Å². The molecular weight excluding hydrogens is 238 g/mol. The lowest BCUT2D eigenvalue weighted by molar-refractivity contribution is 0.407. The molecule has 0 saturated carbocycles. The number of hydrogen-bond acceptors (Lipinski definition) is 2. The van der Waals surface area contributed by atoms with Gasteiger partial charge in [0.2, 0.25) is 0 Å². The van der Waals surface area contributed by atoms with Crippen molar-refractivity contribution in [1.82, 2.24) is 10.6 Å². The average molecular weight is 263 g/mol. The zero-order chi connectivity index (χ0) is 14.1. The molecule has 1 aromatic rings. The Labute approximate surface area is 116 Å². The summed E-state index contributed by atoms with van der Waals surface area (Å²) in [5.74, 6) is 2.12. The quantitative estimate of drug-likeness (QED) is 0.612. The minimum Gasteiger partial charge on any atom is -0.496 e. The number of hydrogen-bond donors (Lipinski definition) is 2. The van der Waals surface area contributed by atoms with Crippen LogP contribution in [-0.4, -0.2) is 32.7 Å². The second kappa shape index (κ2) is 8.40. The molecule has 0 aromatic heterocycles. The monoisotopic (exact) mass is 263 g/mol. The van der Waals surface area contributed by atoms with Gasteiger partial charge < -0.3 is 15.4 Å². The molecule has 106 valence electrons. The third-order valence-electron chi connectivity index (χ3n) is 2.88. The zero-order valence-electron chi connectivity index (χ0n) is 12.4. The standard InChI is InChI=1S/C15H25N3O/c1-5-16-15(17-6-2)18-11-12(3)13-9-7-8-10-14(13)19-4/h7-10,12H,5-6,11H2,1-4H3,(H2,16,17,18). The van der Waals surface area contributed by atoms with Gasteiger partial charge >= 0.3 is 0 Å². The van der Waals surface area contributed by atoms with Gasteiger partial charge in [-0.05, 0) is 25.5 Å². The van der Waals surface area contributed by atoms with E-state index in [1.807, 2.05) is 18.2 Å². The van der Waals surface area contributed by atoms with E-state index in [1.165, 1.54) is 5.56 Å². The molecule has 0 fully saturated rings. The maximum Gasteiger partial charge on any atom is 0.191 e. The first-order valence-electron chi connectivity index (χ1n) is 6.88. The predicted molar refractivity (Wildman–Crippen MR) is 81.1 cm³/mol. The van der Waals surface area contributed by atoms with Crippen molar-refractivity contribution in [1.29, 1.82) is 0 Å². The molecule has 2 N–H and O–H groups in total. The third-order valence-corrected chi connectivity index (χ3v) is 2.88. The van der Waals surface area contributed by atoms with Gasteiger partial charge in [-0.2, -0.15) is 0 Å². The summed E-state index contributed by atoms with van der Waals surface area (Å²) in [6, 6.07) is 8.11. The van der Waals surface area contributed by atoms with Crippen molar-refractivity contribution in [2.24, 2.45) is 4.99 Å². The lowest BCUT2D eigenvalue weighted by atomic mass is 10.0. The van der Waals surface area contributed by atoms with Gasteiger partial charge in [0.25, 0.3) is 0 Å². The Morgan fingerprint density at radius 3 is 2.42 bits per heavy atom. The van der Waals surface area contributed by atoms with E-state index in [0.29, 0.717) is 5.92 Å². The van der Waals surface area contributed by atoms with Crippen LogP contribution in [0.5, 0.6) is 5.75 Å². The Hall–Kier alpha value is -1.71. The van der Waals surface area contributed by atoms with Crippen LogP contribution in [0.2, 0.25) is 0 Å². The van der Waals surface area contributed by atoms with Crippen molar-refractivity contribution in [2.75, 3.05) is 26.7 Å². The summed E-state index contributed by atoms with van der Waals surface area (Å²) in [4.78, 5) is 4.59. The molecule has 0 saturated heterocycles. The van der Waals surface area contributed by atoms with E-state index in [9.17, 15) is 0 Å². The highest BCUT2D eigenvalue weighted by molar-refractivity contribution is 5.79. The normalized spacial score (nSPS) is 11.6. The molecule has 0 bridgehead atoms. The van der Waals surface area contributed by atoms with Crippen LogP contribution in [-0.2, 0) is 0 Å². The molecule has 0 spiro atoms. The lowest BCUT2D eigenvalue weighted by Crippen LogP contribution is -2.37. The van der Waals surface area contributed by atoms with Crippen LogP contribution >= 0.6 is 0 Å².